The predicted octanol–water partition coefficient (Wildman–Crippen LogP) is 3.65. The first-order valence-electron chi connectivity index (χ1n) is 6.88. The van der Waals surface area contributed by atoms with Crippen LogP contribution in [0, 0.1) is 0 Å². The molecule has 0 bridgehead atoms. The van der Waals surface area contributed by atoms with Gasteiger partial charge in [0.15, 0.2) is 0 Å². The lowest BCUT2D eigenvalue weighted by atomic mass is 10.1. The number of benzene rings is 1. The molecule has 116 valence electrons. The molecule has 0 unspecified atom stereocenters. The van der Waals surface area contributed by atoms with E-state index in [1.54, 1.807) is 17.0 Å². The first-order chi connectivity index (χ1) is 9.92. The zero-order chi connectivity index (χ0) is 15.8. The molecule has 0 heterocycles. The summed E-state index contributed by atoms with van der Waals surface area (Å²) in [6, 6.07) is 6.36. The van der Waals surface area contributed by atoms with Gasteiger partial charge in [-0.1, -0.05) is 24.3 Å². The monoisotopic (exact) mass is 297 g/mol. The number of alkyl halides is 2. The van der Waals surface area contributed by atoms with Crippen molar-refractivity contribution in [2.45, 2.75) is 33.3 Å². The Labute approximate surface area is 124 Å². The fourth-order valence-corrected chi connectivity index (χ4v) is 1.95. The van der Waals surface area contributed by atoms with E-state index in [1.807, 2.05) is 13.8 Å². The summed E-state index contributed by atoms with van der Waals surface area (Å²) >= 11 is 0. The topological polar surface area (TPSA) is 29.5 Å². The normalized spacial score (nSPS) is 10.5. The van der Waals surface area contributed by atoms with Gasteiger partial charge in [-0.15, -0.1) is 0 Å². The summed E-state index contributed by atoms with van der Waals surface area (Å²) in [5.41, 5.74) is 1.86. The third-order valence-corrected chi connectivity index (χ3v) is 2.97. The molecule has 0 aromatic heterocycles. The van der Waals surface area contributed by atoms with E-state index < -0.39 is 6.61 Å². The molecule has 21 heavy (non-hydrogen) atoms. The zero-order valence-electron chi connectivity index (χ0n) is 12.4. The molecule has 0 aliphatic heterocycles. The fraction of sp³-hybridized carbons (Fsp3) is 0.438. The fourth-order valence-electron chi connectivity index (χ4n) is 1.95. The standard InChI is InChI=1S/C16H21F2NO2/c1-4-19(11-12(2)3)15(20)10-7-13-5-8-14(9-6-13)21-16(17)18/h5-6,8-9,16H,2,4,7,10-11H2,1,3H3. The van der Waals surface area contributed by atoms with Crippen LogP contribution in [0.5, 0.6) is 5.75 Å². The number of aryl methyl sites for hydroxylation is 1. The third kappa shape index (κ3) is 6.38. The summed E-state index contributed by atoms with van der Waals surface area (Å²) in [5, 5.41) is 0. The molecule has 1 aromatic rings. The summed E-state index contributed by atoms with van der Waals surface area (Å²) in [5.74, 6) is 0.186. The lowest BCUT2D eigenvalue weighted by molar-refractivity contribution is -0.130. The van der Waals surface area contributed by atoms with Gasteiger partial charge in [0.25, 0.3) is 0 Å². The molecule has 0 N–H and O–H groups in total. The SMILES string of the molecule is C=C(C)CN(CC)C(=O)CCc1ccc(OC(F)F)cc1. The van der Waals surface area contributed by atoms with Crippen molar-refractivity contribution in [3.63, 3.8) is 0 Å². The average Bonchev–Trinajstić information content (AvgIpc) is 2.42. The third-order valence-electron chi connectivity index (χ3n) is 2.97. The van der Waals surface area contributed by atoms with E-state index in [4.69, 9.17) is 0 Å². The van der Waals surface area contributed by atoms with Gasteiger partial charge in [-0.3, -0.25) is 4.79 Å². The van der Waals surface area contributed by atoms with Crippen LogP contribution in [0.25, 0.3) is 0 Å². The Balaban J connectivity index is 2.50. The number of halogens is 2. The number of carbonyl (C=O) groups excluding carboxylic acids is 1. The van der Waals surface area contributed by atoms with Crippen molar-refractivity contribution in [3.8, 4) is 5.75 Å². The molecule has 0 aliphatic carbocycles. The second-order valence-corrected chi connectivity index (χ2v) is 4.89. The molecule has 0 saturated carbocycles. The summed E-state index contributed by atoms with van der Waals surface area (Å²) < 4.78 is 28.3. The van der Waals surface area contributed by atoms with Crippen molar-refractivity contribution in [2.75, 3.05) is 13.1 Å². The van der Waals surface area contributed by atoms with Gasteiger partial charge >= 0.3 is 6.61 Å². The van der Waals surface area contributed by atoms with Crippen molar-refractivity contribution in [1.82, 2.24) is 4.90 Å². The Morgan fingerprint density at radius 3 is 2.43 bits per heavy atom. The molecule has 0 fully saturated rings. The van der Waals surface area contributed by atoms with E-state index in [2.05, 4.69) is 11.3 Å². The van der Waals surface area contributed by atoms with E-state index in [9.17, 15) is 13.6 Å². The maximum Gasteiger partial charge on any atom is 0.387 e. The van der Waals surface area contributed by atoms with Crippen LogP contribution in [0.1, 0.15) is 25.8 Å². The molecule has 1 amide bonds. The van der Waals surface area contributed by atoms with Crippen molar-refractivity contribution < 1.29 is 18.3 Å². The van der Waals surface area contributed by atoms with E-state index in [0.717, 1.165) is 11.1 Å². The van der Waals surface area contributed by atoms with Gasteiger partial charge < -0.3 is 9.64 Å². The van der Waals surface area contributed by atoms with Gasteiger partial charge in [0.1, 0.15) is 5.75 Å². The summed E-state index contributed by atoms with van der Waals surface area (Å²) in [6.45, 7) is 6.01. The van der Waals surface area contributed by atoms with Crippen LogP contribution in [-0.4, -0.2) is 30.5 Å². The number of amides is 1. The number of likely N-dealkylation sites (N-methyl/N-ethyl adjacent to an activating group) is 1. The molecule has 5 heteroatoms. The molecule has 0 aliphatic rings. The molecular weight excluding hydrogens is 276 g/mol. The molecular formula is C16H21F2NO2. The van der Waals surface area contributed by atoms with Crippen LogP contribution >= 0.6 is 0 Å². The molecule has 1 rings (SSSR count). The van der Waals surface area contributed by atoms with E-state index >= 15 is 0 Å². The Morgan fingerprint density at radius 2 is 1.95 bits per heavy atom. The highest BCUT2D eigenvalue weighted by Crippen LogP contribution is 2.16. The van der Waals surface area contributed by atoms with E-state index in [-0.39, 0.29) is 11.7 Å². The second kappa shape index (κ2) is 8.39. The lowest BCUT2D eigenvalue weighted by Gasteiger charge is -2.21. The van der Waals surface area contributed by atoms with Gasteiger partial charge in [0.05, 0.1) is 0 Å². The minimum absolute atomic E-state index is 0.0633. The van der Waals surface area contributed by atoms with Gasteiger partial charge in [-0.25, -0.2) is 0 Å². The van der Waals surface area contributed by atoms with Gasteiger partial charge in [0, 0.05) is 19.5 Å². The molecule has 1 aromatic carbocycles. The first kappa shape index (κ1) is 17.1. The van der Waals surface area contributed by atoms with E-state index in [0.29, 0.717) is 25.9 Å². The van der Waals surface area contributed by atoms with Crippen LogP contribution in [0.4, 0.5) is 8.78 Å². The molecule has 0 radical (unpaired) electrons. The number of nitrogens with zero attached hydrogens (tertiary/aromatic N) is 1. The molecule has 0 spiro atoms. The van der Waals surface area contributed by atoms with E-state index in [1.165, 1.54) is 12.1 Å². The summed E-state index contributed by atoms with van der Waals surface area (Å²) in [4.78, 5) is 13.8. The highest BCUT2D eigenvalue weighted by molar-refractivity contribution is 5.76. The summed E-state index contributed by atoms with van der Waals surface area (Å²) in [6.07, 6.45) is 0.955. The predicted molar refractivity (Wildman–Crippen MR) is 78.5 cm³/mol. The number of hydrogen-bond acceptors (Lipinski definition) is 2. The van der Waals surface area contributed by atoms with Gasteiger partial charge in [-0.2, -0.15) is 8.78 Å². The van der Waals surface area contributed by atoms with Gasteiger partial charge in [-0.05, 0) is 38.0 Å². The molecule has 0 saturated heterocycles. The highest BCUT2D eigenvalue weighted by atomic mass is 19.3. The highest BCUT2D eigenvalue weighted by Gasteiger charge is 2.11. The second-order valence-electron chi connectivity index (χ2n) is 4.89. The van der Waals surface area contributed by atoms with Crippen molar-refractivity contribution in [2.24, 2.45) is 0 Å². The Hall–Kier alpha value is -1.91. The number of hydrogen-bond donors (Lipinski definition) is 0. The smallest absolute Gasteiger partial charge is 0.387 e. The van der Waals surface area contributed by atoms with Crippen molar-refractivity contribution >= 4 is 5.91 Å². The van der Waals surface area contributed by atoms with Gasteiger partial charge in [0.2, 0.25) is 5.91 Å². The Morgan fingerprint density at radius 1 is 1.33 bits per heavy atom. The molecule has 0 atom stereocenters. The Bertz CT molecular complexity index is 472. The van der Waals surface area contributed by atoms with Crippen LogP contribution in [0.2, 0.25) is 0 Å². The largest absolute Gasteiger partial charge is 0.435 e. The zero-order valence-corrected chi connectivity index (χ0v) is 12.4. The number of carbonyl (C=O) groups is 1. The molecule has 3 nitrogen and oxygen atoms in total. The number of rotatable bonds is 8. The van der Waals surface area contributed by atoms with Crippen LogP contribution in [-0.2, 0) is 11.2 Å². The number of ether oxygens (including phenoxy) is 1. The minimum atomic E-state index is -2.82. The van der Waals surface area contributed by atoms with Crippen LogP contribution in [0.15, 0.2) is 36.4 Å². The lowest BCUT2D eigenvalue weighted by Crippen LogP contribution is -2.32. The van der Waals surface area contributed by atoms with Crippen LogP contribution < -0.4 is 4.74 Å². The quantitative estimate of drug-likeness (QED) is 0.686. The van der Waals surface area contributed by atoms with Crippen molar-refractivity contribution in [1.29, 1.82) is 0 Å². The first-order valence-corrected chi connectivity index (χ1v) is 6.88. The maximum absolute atomic E-state index is 12.1. The van der Waals surface area contributed by atoms with Crippen molar-refractivity contribution in [3.05, 3.63) is 42.0 Å². The Kier molecular flexibility index (Phi) is 6.85. The van der Waals surface area contributed by atoms with Crippen LogP contribution in [0.3, 0.4) is 0 Å². The average molecular weight is 297 g/mol. The summed E-state index contributed by atoms with van der Waals surface area (Å²) in [7, 11) is 0. The maximum atomic E-state index is 12.1. The minimum Gasteiger partial charge on any atom is -0.435 e.